The Morgan fingerprint density at radius 3 is 2.12 bits per heavy atom. The van der Waals surface area contributed by atoms with Crippen LogP contribution in [0.2, 0.25) is 0 Å². The van der Waals surface area contributed by atoms with E-state index in [2.05, 4.69) is 5.32 Å². The van der Waals surface area contributed by atoms with Crippen LogP contribution in [0.3, 0.4) is 0 Å². The molecule has 2 aromatic carbocycles. The van der Waals surface area contributed by atoms with Gasteiger partial charge in [-0.2, -0.15) is 0 Å². The number of nitrogens with one attached hydrogen (secondary N) is 1. The van der Waals surface area contributed by atoms with Crippen LogP contribution in [0.4, 0.5) is 13.2 Å². The van der Waals surface area contributed by atoms with E-state index in [-0.39, 0.29) is 36.3 Å². The number of hydrogen-bond acceptors (Lipinski definition) is 4. The third kappa shape index (κ3) is 6.57. The maximum atomic E-state index is 13.2. The molecule has 0 bridgehead atoms. The highest BCUT2D eigenvalue weighted by molar-refractivity contribution is 5.96. The summed E-state index contributed by atoms with van der Waals surface area (Å²) in [5, 5.41) is 11.5. The van der Waals surface area contributed by atoms with Crippen molar-refractivity contribution < 1.29 is 37.4 Å². The number of ether oxygens (including phenoxy) is 1. The summed E-state index contributed by atoms with van der Waals surface area (Å²) in [5.41, 5.74) is 0.135. The maximum Gasteiger partial charge on any atom is 0.306 e. The Morgan fingerprint density at radius 2 is 1.55 bits per heavy atom. The van der Waals surface area contributed by atoms with Crippen LogP contribution in [-0.4, -0.2) is 35.4 Å². The van der Waals surface area contributed by atoms with Crippen LogP contribution in [0.5, 0.6) is 5.75 Å². The number of ketones is 1. The largest absolute Gasteiger partial charge is 0.490 e. The van der Waals surface area contributed by atoms with Crippen LogP contribution in [-0.2, 0) is 4.79 Å². The molecule has 2 aromatic rings. The predicted molar refractivity (Wildman–Crippen MR) is 113 cm³/mol. The van der Waals surface area contributed by atoms with Gasteiger partial charge in [0.2, 0.25) is 0 Å². The summed E-state index contributed by atoms with van der Waals surface area (Å²) in [7, 11) is 0. The van der Waals surface area contributed by atoms with Crippen LogP contribution in [0.1, 0.15) is 59.2 Å². The van der Waals surface area contributed by atoms with E-state index >= 15 is 0 Å². The normalized spacial score (nSPS) is 17.9. The van der Waals surface area contributed by atoms with E-state index in [0.717, 1.165) is 0 Å². The molecule has 0 atom stereocenters. The standard InChI is InChI=1S/C24H24F3NO5/c25-19-12-16(13-20(26)22(19)27)23(30)28-11-1-2-21(29)14-3-7-17(8-4-14)33-18-9-5-15(6-10-18)24(31)32/h3-4,7-8,12-13,15,18H,1-2,5-6,9-11H2,(H,28,30)(H,31,32). The first-order chi connectivity index (χ1) is 15.7. The number of aliphatic carboxylic acids is 1. The molecule has 2 N–H and O–H groups in total. The second-order valence-corrected chi connectivity index (χ2v) is 7.99. The molecule has 1 aliphatic carbocycles. The van der Waals surface area contributed by atoms with Gasteiger partial charge in [0.25, 0.3) is 5.91 Å². The Bertz CT molecular complexity index is 994. The molecule has 3 rings (SSSR count). The zero-order valence-electron chi connectivity index (χ0n) is 17.8. The van der Waals surface area contributed by atoms with Gasteiger partial charge in [0.1, 0.15) is 5.75 Å². The molecule has 33 heavy (non-hydrogen) atoms. The van der Waals surface area contributed by atoms with Crippen LogP contribution in [0, 0.1) is 23.4 Å². The second-order valence-electron chi connectivity index (χ2n) is 7.99. The average Bonchev–Trinajstić information content (AvgIpc) is 2.80. The molecule has 176 valence electrons. The van der Waals surface area contributed by atoms with E-state index in [1.165, 1.54) is 0 Å². The lowest BCUT2D eigenvalue weighted by atomic mass is 9.87. The van der Waals surface area contributed by atoms with Gasteiger partial charge >= 0.3 is 5.97 Å². The summed E-state index contributed by atoms with van der Waals surface area (Å²) < 4.78 is 45.3. The van der Waals surface area contributed by atoms with Gasteiger partial charge in [-0.1, -0.05) is 0 Å². The smallest absolute Gasteiger partial charge is 0.306 e. The first kappa shape index (κ1) is 24.3. The van der Waals surface area contributed by atoms with Crippen molar-refractivity contribution in [1.29, 1.82) is 0 Å². The van der Waals surface area contributed by atoms with Gasteiger partial charge in [-0.25, -0.2) is 13.2 Å². The predicted octanol–water partition coefficient (Wildman–Crippen LogP) is 4.52. The molecule has 1 fully saturated rings. The third-order valence-electron chi connectivity index (χ3n) is 5.61. The summed E-state index contributed by atoms with van der Waals surface area (Å²) in [4.78, 5) is 35.3. The second kappa shape index (κ2) is 11.0. The lowest BCUT2D eigenvalue weighted by Gasteiger charge is -2.26. The minimum Gasteiger partial charge on any atom is -0.490 e. The molecule has 9 heteroatoms. The summed E-state index contributed by atoms with van der Waals surface area (Å²) >= 11 is 0. The molecule has 0 heterocycles. The van der Waals surface area contributed by atoms with Crippen molar-refractivity contribution in [3.8, 4) is 5.75 Å². The van der Waals surface area contributed by atoms with Crippen molar-refractivity contribution in [3.63, 3.8) is 0 Å². The molecule has 1 amide bonds. The third-order valence-corrected chi connectivity index (χ3v) is 5.61. The molecule has 1 saturated carbocycles. The van der Waals surface area contributed by atoms with Crippen LogP contribution >= 0.6 is 0 Å². The van der Waals surface area contributed by atoms with Gasteiger partial charge in [0.15, 0.2) is 23.2 Å². The average molecular weight is 463 g/mol. The van der Waals surface area contributed by atoms with E-state index in [9.17, 15) is 27.6 Å². The minimum absolute atomic E-state index is 0.0474. The first-order valence-corrected chi connectivity index (χ1v) is 10.7. The van der Waals surface area contributed by atoms with Gasteiger partial charge in [0.05, 0.1) is 12.0 Å². The topological polar surface area (TPSA) is 92.7 Å². The van der Waals surface area contributed by atoms with Gasteiger partial charge in [-0.05, 0) is 68.5 Å². The van der Waals surface area contributed by atoms with E-state index in [0.29, 0.717) is 55.5 Å². The van der Waals surface area contributed by atoms with Gasteiger partial charge in [-0.3, -0.25) is 14.4 Å². The number of halogens is 3. The molecule has 0 radical (unpaired) electrons. The Labute approximate surface area is 188 Å². The summed E-state index contributed by atoms with van der Waals surface area (Å²) in [6, 6.07) is 7.89. The number of rotatable bonds is 9. The highest BCUT2D eigenvalue weighted by atomic mass is 19.2. The zero-order valence-corrected chi connectivity index (χ0v) is 17.8. The van der Waals surface area contributed by atoms with Crippen LogP contribution < -0.4 is 10.1 Å². The highest BCUT2D eigenvalue weighted by Crippen LogP contribution is 2.28. The van der Waals surface area contributed by atoms with E-state index < -0.39 is 29.3 Å². The fraction of sp³-hybridized carbons (Fsp3) is 0.375. The lowest BCUT2D eigenvalue weighted by Crippen LogP contribution is -2.27. The number of hydrogen-bond donors (Lipinski definition) is 2. The molecule has 6 nitrogen and oxygen atoms in total. The van der Waals surface area contributed by atoms with Gasteiger partial charge in [0, 0.05) is 24.1 Å². The quantitative estimate of drug-likeness (QED) is 0.324. The highest BCUT2D eigenvalue weighted by Gasteiger charge is 2.26. The number of carbonyl (C=O) groups is 3. The number of carboxylic acids is 1. The number of carbonyl (C=O) groups excluding carboxylic acids is 2. The van der Waals surface area contributed by atoms with Crippen molar-refractivity contribution in [3.05, 3.63) is 65.0 Å². The summed E-state index contributed by atoms with van der Waals surface area (Å²) in [6.45, 7) is 0.103. The first-order valence-electron chi connectivity index (χ1n) is 10.7. The molecular weight excluding hydrogens is 439 g/mol. The van der Waals surface area contributed by atoms with Crippen LogP contribution in [0.25, 0.3) is 0 Å². The molecule has 1 aliphatic rings. The number of carboxylic acid groups (broad SMARTS) is 1. The minimum atomic E-state index is -1.64. The Morgan fingerprint density at radius 1 is 0.939 bits per heavy atom. The molecular formula is C24H24F3NO5. The lowest BCUT2D eigenvalue weighted by molar-refractivity contribution is -0.143. The Balaban J connectivity index is 1.41. The van der Waals surface area contributed by atoms with Crippen molar-refractivity contribution in [2.45, 2.75) is 44.6 Å². The number of Topliss-reactive ketones (excluding diaryl/α,β-unsaturated/α-hetero) is 1. The fourth-order valence-electron chi connectivity index (χ4n) is 3.72. The molecule has 0 spiro atoms. The Hall–Kier alpha value is -3.36. The molecule has 0 unspecified atom stereocenters. The van der Waals surface area contributed by atoms with Crippen molar-refractivity contribution in [1.82, 2.24) is 5.32 Å². The summed E-state index contributed by atoms with van der Waals surface area (Å²) in [6.07, 6.45) is 2.90. The van der Waals surface area contributed by atoms with Crippen molar-refractivity contribution >= 4 is 17.7 Å². The van der Waals surface area contributed by atoms with Crippen molar-refractivity contribution in [2.75, 3.05) is 6.54 Å². The monoisotopic (exact) mass is 463 g/mol. The summed E-state index contributed by atoms with van der Waals surface area (Å²) in [5.74, 6) is -5.92. The van der Waals surface area contributed by atoms with Gasteiger partial charge < -0.3 is 15.2 Å². The molecule has 0 aliphatic heterocycles. The molecule has 0 aromatic heterocycles. The van der Waals surface area contributed by atoms with Crippen LogP contribution in [0.15, 0.2) is 36.4 Å². The van der Waals surface area contributed by atoms with E-state index in [1.807, 2.05) is 0 Å². The van der Waals surface area contributed by atoms with Crippen molar-refractivity contribution in [2.24, 2.45) is 5.92 Å². The zero-order chi connectivity index (χ0) is 24.0. The maximum absolute atomic E-state index is 13.2. The Kier molecular flexibility index (Phi) is 8.08. The van der Waals surface area contributed by atoms with E-state index in [4.69, 9.17) is 9.84 Å². The SMILES string of the molecule is O=C(CCCNC(=O)c1cc(F)c(F)c(F)c1)c1ccc(OC2CCC(C(=O)O)CC2)cc1. The van der Waals surface area contributed by atoms with E-state index in [1.54, 1.807) is 24.3 Å². The number of benzene rings is 2. The molecule has 0 saturated heterocycles. The fourth-order valence-corrected chi connectivity index (χ4v) is 3.72. The van der Waals surface area contributed by atoms with Gasteiger partial charge in [-0.15, -0.1) is 0 Å². The number of amides is 1.